The smallest absolute Gasteiger partial charge is 0.263 e. The minimum absolute atomic E-state index is 0.128. The molecule has 0 bridgehead atoms. The number of hydrogen-bond donors (Lipinski definition) is 1. The van der Waals surface area contributed by atoms with E-state index in [9.17, 15) is 18.8 Å². The number of ether oxygens (including phenoxy) is 1. The summed E-state index contributed by atoms with van der Waals surface area (Å²) in [6, 6.07) is 8.09. The standard InChI is InChI=1S/C19H15ClFN5O4/c1-30-12-5-2-10(3-6-12)22-15(27)9-25-17-16(23-24-25)18(28)26(19(17)29)11-4-7-14(21)13(20)8-11/h2-8,16-17H,9H2,1H3,(H,22,27)/t16-,17-/m1/s1. The molecule has 3 amide bonds. The molecule has 11 heteroatoms. The molecule has 2 aromatic rings. The number of fused-ring (bicyclic) bond motifs is 1. The zero-order valence-electron chi connectivity index (χ0n) is 15.6. The fourth-order valence-corrected chi connectivity index (χ4v) is 3.43. The molecule has 2 atom stereocenters. The second kappa shape index (κ2) is 7.71. The van der Waals surface area contributed by atoms with Crippen LogP contribution in [0.25, 0.3) is 0 Å². The van der Waals surface area contributed by atoms with Crippen LogP contribution in [0.15, 0.2) is 52.8 Å². The maximum atomic E-state index is 13.4. The molecule has 2 aliphatic rings. The van der Waals surface area contributed by atoms with E-state index in [1.54, 1.807) is 24.3 Å². The number of nitrogens with one attached hydrogen (secondary N) is 1. The van der Waals surface area contributed by atoms with Crippen molar-refractivity contribution in [2.75, 3.05) is 23.9 Å². The maximum absolute atomic E-state index is 13.4. The lowest BCUT2D eigenvalue weighted by atomic mass is 10.1. The van der Waals surface area contributed by atoms with E-state index >= 15 is 0 Å². The highest BCUT2D eigenvalue weighted by Gasteiger charge is 2.55. The lowest BCUT2D eigenvalue weighted by Gasteiger charge is -2.20. The first-order valence-corrected chi connectivity index (χ1v) is 9.21. The van der Waals surface area contributed by atoms with Gasteiger partial charge in [-0.1, -0.05) is 16.8 Å². The van der Waals surface area contributed by atoms with E-state index in [-0.39, 0.29) is 17.3 Å². The second-order valence-electron chi connectivity index (χ2n) is 6.58. The van der Waals surface area contributed by atoms with Crippen LogP contribution in [0.3, 0.4) is 0 Å². The van der Waals surface area contributed by atoms with Gasteiger partial charge in [-0.15, -0.1) is 0 Å². The van der Waals surface area contributed by atoms with Gasteiger partial charge in [-0.25, -0.2) is 9.29 Å². The van der Waals surface area contributed by atoms with E-state index in [1.807, 2.05) is 0 Å². The number of rotatable bonds is 5. The van der Waals surface area contributed by atoms with Gasteiger partial charge in [0.1, 0.15) is 18.1 Å². The summed E-state index contributed by atoms with van der Waals surface area (Å²) < 4.78 is 18.5. The number of amides is 3. The third-order valence-electron chi connectivity index (χ3n) is 4.70. The summed E-state index contributed by atoms with van der Waals surface area (Å²) in [5, 5.41) is 11.3. The molecule has 1 fully saturated rings. The molecule has 0 spiro atoms. The van der Waals surface area contributed by atoms with E-state index in [1.165, 1.54) is 19.2 Å². The van der Waals surface area contributed by atoms with Crippen molar-refractivity contribution in [3.8, 4) is 5.75 Å². The van der Waals surface area contributed by atoms with E-state index in [4.69, 9.17) is 16.3 Å². The minimum atomic E-state index is -1.07. The second-order valence-corrected chi connectivity index (χ2v) is 6.99. The Morgan fingerprint density at radius 3 is 2.60 bits per heavy atom. The molecule has 0 unspecified atom stereocenters. The lowest BCUT2D eigenvalue weighted by Crippen LogP contribution is -2.43. The third kappa shape index (κ3) is 3.45. The summed E-state index contributed by atoms with van der Waals surface area (Å²) in [5.41, 5.74) is 0.661. The van der Waals surface area contributed by atoms with Crippen LogP contribution >= 0.6 is 11.6 Å². The molecule has 0 saturated carbocycles. The number of methoxy groups -OCH3 is 1. The number of carbonyl (C=O) groups excluding carboxylic acids is 3. The predicted molar refractivity (Wildman–Crippen MR) is 105 cm³/mol. The molecule has 1 N–H and O–H groups in total. The number of imide groups is 1. The molecule has 0 radical (unpaired) electrons. The number of nitrogens with zero attached hydrogens (tertiary/aromatic N) is 4. The van der Waals surface area contributed by atoms with Gasteiger partial charge >= 0.3 is 0 Å². The van der Waals surface area contributed by atoms with Crippen LogP contribution in [-0.4, -0.2) is 48.5 Å². The van der Waals surface area contributed by atoms with Gasteiger partial charge in [0.15, 0.2) is 12.1 Å². The molecule has 2 aliphatic heterocycles. The minimum Gasteiger partial charge on any atom is -0.497 e. The average Bonchev–Trinajstić information content (AvgIpc) is 3.24. The molecule has 0 aromatic heterocycles. The van der Waals surface area contributed by atoms with Gasteiger partial charge in [0, 0.05) is 5.69 Å². The van der Waals surface area contributed by atoms with E-state index in [0.29, 0.717) is 11.4 Å². The Labute approximate surface area is 175 Å². The lowest BCUT2D eigenvalue weighted by molar-refractivity contribution is -0.123. The van der Waals surface area contributed by atoms with Crippen LogP contribution in [0.2, 0.25) is 5.02 Å². The predicted octanol–water partition coefficient (Wildman–Crippen LogP) is 2.42. The van der Waals surface area contributed by atoms with Gasteiger partial charge in [0.05, 0.1) is 17.8 Å². The fourth-order valence-electron chi connectivity index (χ4n) is 3.25. The number of halogens is 2. The van der Waals surface area contributed by atoms with Crippen LogP contribution < -0.4 is 15.0 Å². The third-order valence-corrected chi connectivity index (χ3v) is 4.99. The SMILES string of the molecule is COc1ccc(NC(=O)CN2N=N[C@H]3C(=O)N(c4ccc(F)c(Cl)c4)C(=O)[C@@H]32)cc1. The summed E-state index contributed by atoms with van der Waals surface area (Å²) in [7, 11) is 1.53. The van der Waals surface area contributed by atoms with Gasteiger partial charge in [-0.2, -0.15) is 5.11 Å². The highest BCUT2D eigenvalue weighted by atomic mass is 35.5. The van der Waals surface area contributed by atoms with Crippen molar-refractivity contribution in [3.63, 3.8) is 0 Å². The first-order chi connectivity index (χ1) is 14.4. The summed E-state index contributed by atoms with van der Waals surface area (Å²) in [6.45, 7) is -0.284. The largest absolute Gasteiger partial charge is 0.497 e. The van der Waals surface area contributed by atoms with Crippen molar-refractivity contribution in [2.24, 2.45) is 10.3 Å². The van der Waals surface area contributed by atoms with E-state index < -0.39 is 35.6 Å². The Balaban J connectivity index is 1.47. The van der Waals surface area contributed by atoms with Gasteiger partial charge in [0.2, 0.25) is 5.91 Å². The highest BCUT2D eigenvalue weighted by Crippen LogP contribution is 2.33. The van der Waals surface area contributed by atoms with Gasteiger partial charge < -0.3 is 10.1 Å². The average molecular weight is 432 g/mol. The zero-order valence-corrected chi connectivity index (χ0v) is 16.3. The zero-order chi connectivity index (χ0) is 21.4. The van der Waals surface area contributed by atoms with Gasteiger partial charge in [-0.3, -0.25) is 19.4 Å². The summed E-state index contributed by atoms with van der Waals surface area (Å²) in [5.74, 6) is -1.70. The Morgan fingerprint density at radius 2 is 1.93 bits per heavy atom. The summed E-state index contributed by atoms with van der Waals surface area (Å²) in [4.78, 5) is 38.8. The fraction of sp³-hybridized carbons (Fsp3) is 0.211. The van der Waals surface area contributed by atoms with Crippen LogP contribution in [-0.2, 0) is 14.4 Å². The van der Waals surface area contributed by atoms with Crippen molar-refractivity contribution in [1.82, 2.24) is 5.01 Å². The summed E-state index contributed by atoms with van der Waals surface area (Å²) >= 11 is 5.76. The van der Waals surface area contributed by atoms with Crippen molar-refractivity contribution < 1.29 is 23.5 Å². The van der Waals surface area contributed by atoms with Crippen molar-refractivity contribution in [2.45, 2.75) is 12.1 Å². The molecule has 0 aliphatic carbocycles. The number of carbonyl (C=O) groups is 3. The Morgan fingerprint density at radius 1 is 1.20 bits per heavy atom. The molecule has 30 heavy (non-hydrogen) atoms. The topological polar surface area (TPSA) is 104 Å². The van der Waals surface area contributed by atoms with Gasteiger partial charge in [0.25, 0.3) is 11.8 Å². The Kier molecular flexibility index (Phi) is 5.08. The van der Waals surface area contributed by atoms with Crippen molar-refractivity contribution >= 4 is 40.7 Å². The molecular weight excluding hydrogens is 417 g/mol. The molecule has 2 heterocycles. The molecule has 1 saturated heterocycles. The molecule has 2 aromatic carbocycles. The first kappa shape index (κ1) is 19.8. The summed E-state index contributed by atoms with van der Waals surface area (Å²) in [6.07, 6.45) is 0. The number of benzene rings is 2. The molecule has 154 valence electrons. The highest BCUT2D eigenvalue weighted by molar-refractivity contribution is 6.32. The monoisotopic (exact) mass is 431 g/mol. The molecule has 4 rings (SSSR count). The van der Waals surface area contributed by atoms with E-state index in [2.05, 4.69) is 15.7 Å². The Hall–Kier alpha value is -3.53. The van der Waals surface area contributed by atoms with Crippen molar-refractivity contribution in [1.29, 1.82) is 0 Å². The van der Waals surface area contributed by atoms with Crippen LogP contribution in [0, 0.1) is 5.82 Å². The van der Waals surface area contributed by atoms with Crippen molar-refractivity contribution in [3.05, 3.63) is 53.3 Å². The number of anilines is 2. The number of hydrogen-bond acceptors (Lipinski definition) is 7. The normalized spacial score (nSPS) is 20.0. The molecular formula is C19H15ClFN5O4. The van der Waals surface area contributed by atoms with Crippen LogP contribution in [0.5, 0.6) is 5.75 Å². The van der Waals surface area contributed by atoms with Crippen LogP contribution in [0.1, 0.15) is 0 Å². The van der Waals surface area contributed by atoms with Gasteiger partial charge in [-0.05, 0) is 42.5 Å². The van der Waals surface area contributed by atoms with E-state index in [0.717, 1.165) is 16.0 Å². The maximum Gasteiger partial charge on any atom is 0.263 e. The Bertz CT molecular complexity index is 1060. The quantitative estimate of drug-likeness (QED) is 0.732. The van der Waals surface area contributed by atoms with Crippen LogP contribution in [0.4, 0.5) is 15.8 Å². The first-order valence-electron chi connectivity index (χ1n) is 8.83. The molecule has 9 nitrogen and oxygen atoms in total.